The van der Waals surface area contributed by atoms with Crippen molar-refractivity contribution in [1.82, 2.24) is 5.32 Å². The molecule has 2 atom stereocenters. The lowest BCUT2D eigenvalue weighted by Crippen LogP contribution is -2.40. The van der Waals surface area contributed by atoms with E-state index in [-0.39, 0.29) is 34.6 Å². The van der Waals surface area contributed by atoms with Crippen LogP contribution in [0.1, 0.15) is 42.6 Å². The highest BCUT2D eigenvalue weighted by Crippen LogP contribution is 2.45. The van der Waals surface area contributed by atoms with E-state index in [1.807, 2.05) is 0 Å². The van der Waals surface area contributed by atoms with Crippen LogP contribution in [0.3, 0.4) is 0 Å². The third kappa shape index (κ3) is 5.34. The zero-order valence-electron chi connectivity index (χ0n) is 19.1. The van der Waals surface area contributed by atoms with Gasteiger partial charge in [-0.2, -0.15) is 0 Å². The van der Waals surface area contributed by atoms with Gasteiger partial charge in [0, 0.05) is 29.0 Å². The summed E-state index contributed by atoms with van der Waals surface area (Å²) in [4.78, 5) is 39.3. The lowest BCUT2D eigenvalue weighted by molar-refractivity contribution is -0.147. The number of allylic oxidation sites excluding steroid dienone is 2. The van der Waals surface area contributed by atoms with Crippen LogP contribution in [0.5, 0.6) is 0 Å². The maximum absolute atomic E-state index is 13.3. The molecule has 1 heterocycles. The van der Waals surface area contributed by atoms with Gasteiger partial charge in [0.15, 0.2) is 5.78 Å². The molecule has 8 heteroatoms. The molecule has 178 valence electrons. The fourth-order valence-corrected chi connectivity index (χ4v) is 4.40. The molecule has 0 aromatic heterocycles. The van der Waals surface area contributed by atoms with Crippen LogP contribution in [0.25, 0.3) is 0 Å². The summed E-state index contributed by atoms with van der Waals surface area (Å²) in [6, 6.07) is 13.7. The first-order valence-electron chi connectivity index (χ1n) is 10.9. The van der Waals surface area contributed by atoms with Crippen LogP contribution in [0.2, 0.25) is 10.0 Å². The Kier molecular flexibility index (Phi) is 8.53. The van der Waals surface area contributed by atoms with Gasteiger partial charge in [-0.15, -0.1) is 0 Å². The van der Waals surface area contributed by atoms with E-state index in [0.717, 1.165) is 0 Å². The molecule has 0 amide bonds. The Hall–Kier alpha value is -3.09. The molecule has 0 saturated carbocycles. The summed E-state index contributed by atoms with van der Waals surface area (Å²) in [5, 5.41) is 3.54. The number of esters is 2. The summed E-state index contributed by atoms with van der Waals surface area (Å²) < 4.78 is 10.7. The molecule has 3 rings (SSSR count). The van der Waals surface area contributed by atoms with Gasteiger partial charge in [0.05, 0.1) is 28.8 Å². The Morgan fingerprint density at radius 3 is 2.29 bits per heavy atom. The van der Waals surface area contributed by atoms with Crippen molar-refractivity contribution < 1.29 is 23.9 Å². The van der Waals surface area contributed by atoms with Gasteiger partial charge in [-0.1, -0.05) is 65.7 Å². The highest BCUT2D eigenvalue weighted by molar-refractivity contribution is 6.42. The Balaban J connectivity index is 2.25. The van der Waals surface area contributed by atoms with Crippen molar-refractivity contribution in [1.29, 1.82) is 0 Å². The molecule has 1 aliphatic rings. The van der Waals surface area contributed by atoms with Gasteiger partial charge < -0.3 is 14.8 Å². The number of ether oxygens (including phenoxy) is 2. The number of carbonyl (C=O) groups excluding carboxylic acids is 3. The van der Waals surface area contributed by atoms with Gasteiger partial charge in [0.25, 0.3) is 0 Å². The molecule has 0 radical (unpaired) electrons. The molecule has 6 nitrogen and oxygen atoms in total. The van der Waals surface area contributed by atoms with Crippen LogP contribution in [0.4, 0.5) is 0 Å². The van der Waals surface area contributed by atoms with Gasteiger partial charge in [-0.25, -0.2) is 4.79 Å². The minimum absolute atomic E-state index is 0.114. The van der Waals surface area contributed by atoms with Crippen LogP contribution in [0.15, 0.2) is 71.6 Å². The average Bonchev–Trinajstić information content (AvgIpc) is 2.81. The van der Waals surface area contributed by atoms with Crippen LogP contribution >= 0.6 is 23.2 Å². The molecule has 34 heavy (non-hydrogen) atoms. The third-order valence-corrected chi connectivity index (χ3v) is 6.25. The summed E-state index contributed by atoms with van der Waals surface area (Å²) in [5.74, 6) is -3.47. The number of ketones is 1. The quantitative estimate of drug-likeness (QED) is 0.308. The monoisotopic (exact) mass is 501 g/mol. The second-order valence-corrected chi connectivity index (χ2v) is 8.35. The Labute approximate surface area is 208 Å². The van der Waals surface area contributed by atoms with E-state index < -0.39 is 23.8 Å². The number of hydrogen-bond donors (Lipinski definition) is 1. The molecule has 2 aromatic carbocycles. The predicted octanol–water partition coefficient (Wildman–Crippen LogP) is 5.46. The molecule has 0 saturated heterocycles. The van der Waals surface area contributed by atoms with Gasteiger partial charge in [-0.05, 0) is 32.4 Å². The standard InChI is InChI=1S/C26H25Cl2NO5/c1-4-33-25(31)21-15(3)29-19(14-20(30)16-10-7-6-8-11-16)23(26(32)34-5-2)22(21)17-12-9-13-18(27)24(17)28/h6-14,22-23,29H,4-5H2,1-3H3/b19-14-/t22-,23-/m1/s1. The smallest absolute Gasteiger partial charge is 0.336 e. The largest absolute Gasteiger partial charge is 0.465 e. The fourth-order valence-electron chi connectivity index (χ4n) is 3.97. The van der Waals surface area contributed by atoms with Crippen molar-refractivity contribution in [2.45, 2.75) is 26.7 Å². The molecular formula is C26H25Cl2NO5. The van der Waals surface area contributed by atoms with E-state index >= 15 is 0 Å². The second kappa shape index (κ2) is 11.4. The molecule has 0 aliphatic carbocycles. The normalized spacial score (nSPS) is 18.9. The van der Waals surface area contributed by atoms with Crippen molar-refractivity contribution in [3.05, 3.63) is 92.7 Å². The van der Waals surface area contributed by atoms with Crippen molar-refractivity contribution in [2.75, 3.05) is 13.2 Å². The molecular weight excluding hydrogens is 477 g/mol. The summed E-state index contributed by atoms with van der Waals surface area (Å²) in [7, 11) is 0. The third-order valence-electron chi connectivity index (χ3n) is 5.41. The lowest BCUT2D eigenvalue weighted by Gasteiger charge is -2.36. The summed E-state index contributed by atoms with van der Waals surface area (Å²) in [6.45, 7) is 5.31. The minimum atomic E-state index is -1.06. The highest BCUT2D eigenvalue weighted by atomic mass is 35.5. The zero-order valence-corrected chi connectivity index (χ0v) is 20.6. The van der Waals surface area contributed by atoms with E-state index in [4.69, 9.17) is 32.7 Å². The average molecular weight is 502 g/mol. The predicted molar refractivity (Wildman–Crippen MR) is 131 cm³/mol. The van der Waals surface area contributed by atoms with Gasteiger partial charge in [0.1, 0.15) is 5.92 Å². The minimum Gasteiger partial charge on any atom is -0.465 e. The van der Waals surface area contributed by atoms with Gasteiger partial charge in [-0.3, -0.25) is 9.59 Å². The van der Waals surface area contributed by atoms with E-state index in [9.17, 15) is 14.4 Å². The number of halogens is 2. The lowest BCUT2D eigenvalue weighted by atomic mass is 9.75. The summed E-state index contributed by atoms with van der Waals surface area (Å²) >= 11 is 12.8. The maximum Gasteiger partial charge on any atom is 0.336 e. The van der Waals surface area contributed by atoms with Gasteiger partial charge in [0.2, 0.25) is 0 Å². The molecule has 0 unspecified atom stereocenters. The number of benzene rings is 2. The van der Waals surface area contributed by atoms with Crippen LogP contribution in [-0.2, 0) is 19.1 Å². The number of carbonyl (C=O) groups is 3. The highest BCUT2D eigenvalue weighted by Gasteiger charge is 2.44. The van der Waals surface area contributed by atoms with E-state index in [2.05, 4.69) is 5.32 Å². The summed E-state index contributed by atoms with van der Waals surface area (Å²) in [5.41, 5.74) is 1.85. The van der Waals surface area contributed by atoms with Crippen LogP contribution in [-0.4, -0.2) is 30.9 Å². The zero-order chi connectivity index (χ0) is 24.8. The van der Waals surface area contributed by atoms with Crippen LogP contribution < -0.4 is 5.32 Å². The second-order valence-electron chi connectivity index (χ2n) is 7.56. The number of hydrogen-bond acceptors (Lipinski definition) is 6. The SMILES string of the molecule is CCOC(=O)C1=C(C)N/C(=C\C(=O)c2ccccc2)[C@@H](C(=O)OCC)[C@@H]1c1cccc(Cl)c1Cl. The van der Waals surface area contributed by atoms with Crippen molar-refractivity contribution in [3.63, 3.8) is 0 Å². The molecule has 0 fully saturated rings. The topological polar surface area (TPSA) is 81.7 Å². The van der Waals surface area contributed by atoms with Crippen molar-refractivity contribution in [2.24, 2.45) is 5.92 Å². The number of nitrogens with one attached hydrogen (secondary N) is 1. The van der Waals surface area contributed by atoms with E-state index in [1.54, 1.807) is 69.3 Å². The maximum atomic E-state index is 13.3. The fraction of sp³-hybridized carbons (Fsp3) is 0.269. The van der Waals surface area contributed by atoms with E-state index in [1.165, 1.54) is 6.08 Å². The molecule has 0 bridgehead atoms. The first kappa shape index (κ1) is 25.5. The first-order valence-corrected chi connectivity index (χ1v) is 11.6. The molecule has 1 N–H and O–H groups in total. The van der Waals surface area contributed by atoms with Crippen molar-refractivity contribution in [3.8, 4) is 0 Å². The van der Waals surface area contributed by atoms with Crippen molar-refractivity contribution >= 4 is 40.9 Å². The van der Waals surface area contributed by atoms with E-state index in [0.29, 0.717) is 22.5 Å². The summed E-state index contributed by atoms with van der Waals surface area (Å²) in [6.07, 6.45) is 1.35. The first-order chi connectivity index (χ1) is 16.3. The molecule has 2 aromatic rings. The molecule has 0 spiro atoms. The van der Waals surface area contributed by atoms with Gasteiger partial charge >= 0.3 is 11.9 Å². The number of rotatable bonds is 7. The van der Waals surface area contributed by atoms with Crippen LogP contribution in [0, 0.1) is 5.92 Å². The Bertz CT molecular complexity index is 1160. The Morgan fingerprint density at radius 1 is 0.971 bits per heavy atom. The Morgan fingerprint density at radius 2 is 1.65 bits per heavy atom. The molecule has 1 aliphatic heterocycles.